The smallest absolute Gasteiger partial charge is 0.00390 e. The Morgan fingerprint density at radius 3 is 1.85 bits per heavy atom. The fourth-order valence-electron chi connectivity index (χ4n) is 4.60. The van der Waals surface area contributed by atoms with Crippen LogP contribution in [0.5, 0.6) is 0 Å². The molecule has 0 spiro atoms. The third-order valence-electron chi connectivity index (χ3n) is 6.09. The minimum absolute atomic E-state index is 0.519. The van der Waals surface area contributed by atoms with E-state index in [2.05, 4.69) is 6.92 Å². The maximum absolute atomic E-state index is 6.04. The van der Waals surface area contributed by atoms with Gasteiger partial charge in [0.1, 0.15) is 0 Å². The van der Waals surface area contributed by atoms with Gasteiger partial charge in [0.25, 0.3) is 0 Å². The van der Waals surface area contributed by atoms with E-state index < -0.39 is 0 Å². The quantitative estimate of drug-likeness (QED) is 0.597. The predicted octanol–water partition coefficient (Wildman–Crippen LogP) is 5.67. The van der Waals surface area contributed by atoms with Crippen LogP contribution in [0.3, 0.4) is 0 Å². The summed E-state index contributed by atoms with van der Waals surface area (Å²) >= 11 is 0. The van der Waals surface area contributed by atoms with Gasteiger partial charge in [0, 0.05) is 6.04 Å². The maximum atomic E-state index is 6.04. The van der Waals surface area contributed by atoms with Crippen molar-refractivity contribution in [3.63, 3.8) is 0 Å². The molecule has 0 aromatic rings. The molecule has 0 aromatic carbocycles. The molecule has 2 saturated carbocycles. The van der Waals surface area contributed by atoms with E-state index in [4.69, 9.17) is 5.73 Å². The Labute approximate surface area is 127 Å². The zero-order valence-corrected chi connectivity index (χ0v) is 13.8. The SMILES string of the molecule is CCCCCCCC1CCC(C2CCC(N)CC2)CC1. The van der Waals surface area contributed by atoms with Crippen molar-refractivity contribution in [1.29, 1.82) is 0 Å². The summed E-state index contributed by atoms with van der Waals surface area (Å²) in [6.45, 7) is 2.30. The van der Waals surface area contributed by atoms with Crippen LogP contribution in [0, 0.1) is 17.8 Å². The van der Waals surface area contributed by atoms with E-state index in [0.29, 0.717) is 6.04 Å². The van der Waals surface area contributed by atoms with Gasteiger partial charge in [-0.05, 0) is 56.3 Å². The molecule has 2 aliphatic carbocycles. The second kappa shape index (κ2) is 9.07. The molecule has 0 saturated heterocycles. The Kier molecular flexibility index (Phi) is 7.41. The molecule has 0 radical (unpaired) electrons. The Bertz CT molecular complexity index is 234. The molecular weight excluding hydrogens is 242 g/mol. The van der Waals surface area contributed by atoms with Crippen LogP contribution in [0.2, 0.25) is 0 Å². The summed E-state index contributed by atoms with van der Waals surface area (Å²) in [5.41, 5.74) is 6.04. The molecule has 0 heterocycles. The van der Waals surface area contributed by atoms with Crippen molar-refractivity contribution in [2.24, 2.45) is 23.5 Å². The van der Waals surface area contributed by atoms with Crippen LogP contribution in [-0.2, 0) is 0 Å². The zero-order valence-electron chi connectivity index (χ0n) is 13.8. The molecule has 2 N–H and O–H groups in total. The summed E-state index contributed by atoms with van der Waals surface area (Å²) in [4.78, 5) is 0. The van der Waals surface area contributed by atoms with Crippen molar-refractivity contribution in [2.45, 2.75) is 103 Å². The molecule has 0 bridgehead atoms. The molecular formula is C19H37N. The monoisotopic (exact) mass is 279 g/mol. The second-order valence-electron chi connectivity index (χ2n) is 7.66. The van der Waals surface area contributed by atoms with Crippen molar-refractivity contribution in [1.82, 2.24) is 0 Å². The van der Waals surface area contributed by atoms with Gasteiger partial charge in [-0.3, -0.25) is 0 Å². The predicted molar refractivity (Wildman–Crippen MR) is 88.8 cm³/mol. The van der Waals surface area contributed by atoms with Crippen molar-refractivity contribution in [3.05, 3.63) is 0 Å². The summed E-state index contributed by atoms with van der Waals surface area (Å²) in [5.74, 6) is 3.15. The van der Waals surface area contributed by atoms with Crippen LogP contribution < -0.4 is 5.73 Å². The highest BCUT2D eigenvalue weighted by molar-refractivity contribution is 4.82. The van der Waals surface area contributed by atoms with Crippen molar-refractivity contribution in [2.75, 3.05) is 0 Å². The highest BCUT2D eigenvalue weighted by atomic mass is 14.6. The van der Waals surface area contributed by atoms with Crippen LogP contribution in [0.15, 0.2) is 0 Å². The minimum atomic E-state index is 0.519. The van der Waals surface area contributed by atoms with E-state index in [1.807, 2.05) is 0 Å². The standard InChI is InChI=1S/C19H37N/c1-2-3-4-5-6-7-16-8-10-17(11-9-16)18-12-14-19(20)15-13-18/h16-19H,2-15,20H2,1H3. The topological polar surface area (TPSA) is 26.0 Å². The van der Waals surface area contributed by atoms with Crippen LogP contribution in [0.25, 0.3) is 0 Å². The Balaban J connectivity index is 1.55. The van der Waals surface area contributed by atoms with E-state index in [-0.39, 0.29) is 0 Å². The van der Waals surface area contributed by atoms with Crippen LogP contribution in [0.4, 0.5) is 0 Å². The van der Waals surface area contributed by atoms with Gasteiger partial charge >= 0.3 is 0 Å². The molecule has 0 atom stereocenters. The lowest BCUT2D eigenvalue weighted by atomic mass is 9.70. The summed E-state index contributed by atoms with van der Waals surface area (Å²) in [5, 5.41) is 0. The van der Waals surface area contributed by atoms with E-state index in [0.717, 1.165) is 17.8 Å². The van der Waals surface area contributed by atoms with E-state index in [1.54, 1.807) is 0 Å². The van der Waals surface area contributed by atoms with Crippen molar-refractivity contribution in [3.8, 4) is 0 Å². The maximum Gasteiger partial charge on any atom is 0.00390 e. The van der Waals surface area contributed by atoms with Crippen molar-refractivity contribution >= 4 is 0 Å². The van der Waals surface area contributed by atoms with Crippen LogP contribution in [-0.4, -0.2) is 6.04 Å². The van der Waals surface area contributed by atoms with Gasteiger partial charge in [-0.2, -0.15) is 0 Å². The number of hydrogen-bond acceptors (Lipinski definition) is 1. The number of hydrogen-bond donors (Lipinski definition) is 1. The number of nitrogens with two attached hydrogens (primary N) is 1. The molecule has 118 valence electrons. The summed E-state index contributed by atoms with van der Waals surface area (Å²) < 4.78 is 0. The number of unbranched alkanes of at least 4 members (excludes halogenated alkanes) is 4. The lowest BCUT2D eigenvalue weighted by Gasteiger charge is -2.37. The summed E-state index contributed by atoms with van der Waals surface area (Å²) in [6, 6.07) is 0.519. The Hall–Kier alpha value is -0.0400. The molecule has 0 aliphatic heterocycles. The minimum Gasteiger partial charge on any atom is -0.328 e. The van der Waals surface area contributed by atoms with Crippen LogP contribution in [0.1, 0.15) is 96.8 Å². The average Bonchev–Trinajstić information content (AvgIpc) is 2.49. The second-order valence-corrected chi connectivity index (χ2v) is 7.66. The number of rotatable bonds is 7. The van der Waals surface area contributed by atoms with Gasteiger partial charge in [0.15, 0.2) is 0 Å². The van der Waals surface area contributed by atoms with Gasteiger partial charge in [-0.25, -0.2) is 0 Å². The fraction of sp³-hybridized carbons (Fsp3) is 1.00. The van der Waals surface area contributed by atoms with Crippen molar-refractivity contribution < 1.29 is 0 Å². The van der Waals surface area contributed by atoms with Crippen LogP contribution >= 0.6 is 0 Å². The first-order valence-corrected chi connectivity index (χ1v) is 9.55. The lowest BCUT2D eigenvalue weighted by Crippen LogP contribution is -2.31. The molecule has 2 rings (SSSR count). The molecule has 1 heteroatoms. The molecule has 20 heavy (non-hydrogen) atoms. The summed E-state index contributed by atoms with van der Waals surface area (Å²) in [6.07, 6.45) is 20.3. The van der Waals surface area contributed by atoms with Gasteiger partial charge in [0.2, 0.25) is 0 Å². The largest absolute Gasteiger partial charge is 0.328 e. The molecule has 0 aromatic heterocycles. The third-order valence-corrected chi connectivity index (χ3v) is 6.09. The molecule has 0 unspecified atom stereocenters. The summed E-state index contributed by atoms with van der Waals surface area (Å²) in [7, 11) is 0. The normalized spacial score (nSPS) is 35.1. The first-order chi connectivity index (χ1) is 9.79. The van der Waals surface area contributed by atoms with Gasteiger partial charge < -0.3 is 5.73 Å². The average molecular weight is 280 g/mol. The first kappa shape index (κ1) is 16.3. The molecule has 2 aliphatic rings. The molecule has 2 fully saturated rings. The third kappa shape index (κ3) is 5.39. The Morgan fingerprint density at radius 2 is 1.25 bits per heavy atom. The van der Waals surface area contributed by atoms with Gasteiger partial charge in [-0.15, -0.1) is 0 Å². The van der Waals surface area contributed by atoms with E-state index >= 15 is 0 Å². The zero-order chi connectivity index (χ0) is 14.2. The fourth-order valence-corrected chi connectivity index (χ4v) is 4.60. The van der Waals surface area contributed by atoms with Gasteiger partial charge in [-0.1, -0.05) is 58.3 Å². The molecule has 1 nitrogen and oxygen atoms in total. The molecule has 0 amide bonds. The first-order valence-electron chi connectivity index (χ1n) is 9.55. The highest BCUT2D eigenvalue weighted by Crippen LogP contribution is 2.40. The highest BCUT2D eigenvalue weighted by Gasteiger charge is 2.29. The Morgan fingerprint density at radius 1 is 0.700 bits per heavy atom. The van der Waals surface area contributed by atoms with E-state index in [1.165, 1.54) is 89.9 Å². The van der Waals surface area contributed by atoms with Gasteiger partial charge in [0.05, 0.1) is 0 Å². The lowest BCUT2D eigenvalue weighted by molar-refractivity contribution is 0.156. The van der Waals surface area contributed by atoms with E-state index in [9.17, 15) is 0 Å².